The molecule has 0 unspecified atom stereocenters. The Morgan fingerprint density at radius 2 is 2.11 bits per heavy atom. The van der Waals surface area contributed by atoms with Crippen molar-refractivity contribution in [3.8, 4) is 0 Å². The first-order valence-corrected chi connectivity index (χ1v) is 6.75. The fourth-order valence-corrected chi connectivity index (χ4v) is 2.57. The number of hydrogen-bond acceptors (Lipinski definition) is 3. The molecule has 0 aliphatic carbocycles. The minimum Gasteiger partial charge on any atom is -0.445 e. The number of rotatable bonds is 3. The molecule has 0 spiro atoms. The Bertz CT molecular complexity index is 407. The summed E-state index contributed by atoms with van der Waals surface area (Å²) >= 11 is 0. The molecule has 2 atom stereocenters. The number of carbonyl (C=O) groups is 1. The maximum Gasteiger partial charge on any atom is 0.410 e. The summed E-state index contributed by atoms with van der Waals surface area (Å²) in [6, 6.07) is 9.65. The molecule has 1 aromatic carbocycles. The van der Waals surface area contributed by atoms with Gasteiger partial charge in [-0.2, -0.15) is 0 Å². The average molecular weight is 263 g/mol. The highest BCUT2D eigenvalue weighted by molar-refractivity contribution is 5.67. The largest absolute Gasteiger partial charge is 0.445 e. The quantitative estimate of drug-likeness (QED) is 0.910. The third kappa shape index (κ3) is 3.96. The van der Waals surface area contributed by atoms with Gasteiger partial charge in [-0.1, -0.05) is 37.3 Å². The van der Waals surface area contributed by atoms with E-state index in [2.05, 4.69) is 6.92 Å². The molecule has 1 amide bonds. The Hall–Kier alpha value is -1.55. The predicted octanol–water partition coefficient (Wildman–Crippen LogP) is 2.27. The number of benzene rings is 1. The van der Waals surface area contributed by atoms with Crippen molar-refractivity contribution >= 4 is 6.09 Å². The zero-order valence-electron chi connectivity index (χ0n) is 11.3. The number of aliphatic hydroxyl groups excluding tert-OH is 1. The van der Waals surface area contributed by atoms with Crippen LogP contribution < -0.4 is 0 Å². The van der Waals surface area contributed by atoms with Gasteiger partial charge in [0.25, 0.3) is 0 Å². The molecule has 4 heteroatoms. The Balaban J connectivity index is 1.85. The number of amides is 1. The molecule has 0 bridgehead atoms. The zero-order valence-corrected chi connectivity index (χ0v) is 11.3. The van der Waals surface area contributed by atoms with Crippen molar-refractivity contribution in [1.29, 1.82) is 0 Å². The molecule has 1 fully saturated rings. The normalized spacial score (nSPS) is 23.2. The molecule has 1 heterocycles. The van der Waals surface area contributed by atoms with Crippen molar-refractivity contribution in [2.45, 2.75) is 20.0 Å². The summed E-state index contributed by atoms with van der Waals surface area (Å²) in [6.45, 7) is 3.83. The van der Waals surface area contributed by atoms with E-state index in [1.165, 1.54) is 0 Å². The van der Waals surface area contributed by atoms with Gasteiger partial charge in [-0.3, -0.25) is 0 Å². The molecule has 1 aromatic rings. The minimum atomic E-state index is -0.283. The van der Waals surface area contributed by atoms with Crippen LogP contribution in [0.1, 0.15) is 18.9 Å². The lowest BCUT2D eigenvalue weighted by Crippen LogP contribution is -2.44. The summed E-state index contributed by atoms with van der Waals surface area (Å²) in [5, 5.41) is 9.24. The van der Waals surface area contributed by atoms with Crippen LogP contribution in [0.15, 0.2) is 30.3 Å². The van der Waals surface area contributed by atoms with Crippen LogP contribution in [0.3, 0.4) is 0 Å². The number of likely N-dealkylation sites (tertiary alicyclic amines) is 1. The molecule has 1 aliphatic heterocycles. The van der Waals surface area contributed by atoms with Crippen LogP contribution in [0.5, 0.6) is 0 Å². The standard InChI is InChI=1S/C15H21NO3/c1-12-7-14(10-17)9-16(8-12)15(18)19-11-13-5-3-2-4-6-13/h2-6,12,14,17H,7-11H2,1H3/t12-,14-/m1/s1. The van der Waals surface area contributed by atoms with Gasteiger partial charge in [0.2, 0.25) is 0 Å². The third-order valence-electron chi connectivity index (χ3n) is 3.47. The minimum absolute atomic E-state index is 0.132. The van der Waals surface area contributed by atoms with E-state index in [-0.39, 0.29) is 18.6 Å². The van der Waals surface area contributed by atoms with Crippen molar-refractivity contribution in [3.05, 3.63) is 35.9 Å². The zero-order chi connectivity index (χ0) is 13.7. The molecule has 0 saturated carbocycles. The summed E-state index contributed by atoms with van der Waals surface area (Å²) in [5.74, 6) is 0.586. The topological polar surface area (TPSA) is 49.8 Å². The van der Waals surface area contributed by atoms with Crippen molar-refractivity contribution in [3.63, 3.8) is 0 Å². The second-order valence-corrected chi connectivity index (χ2v) is 5.33. The third-order valence-corrected chi connectivity index (χ3v) is 3.47. The van der Waals surface area contributed by atoms with Crippen LogP contribution in [0.25, 0.3) is 0 Å². The Morgan fingerprint density at radius 1 is 1.37 bits per heavy atom. The van der Waals surface area contributed by atoms with Crippen LogP contribution >= 0.6 is 0 Å². The van der Waals surface area contributed by atoms with E-state index < -0.39 is 0 Å². The van der Waals surface area contributed by atoms with Crippen LogP contribution in [-0.2, 0) is 11.3 Å². The molecular formula is C15H21NO3. The second kappa shape index (κ2) is 6.57. The molecule has 4 nitrogen and oxygen atoms in total. The highest BCUT2D eigenvalue weighted by Crippen LogP contribution is 2.21. The van der Waals surface area contributed by atoms with Crippen molar-refractivity contribution < 1.29 is 14.6 Å². The van der Waals surface area contributed by atoms with E-state index in [0.29, 0.717) is 25.6 Å². The Kier molecular flexibility index (Phi) is 4.80. The predicted molar refractivity (Wildman–Crippen MR) is 72.6 cm³/mol. The number of nitrogens with zero attached hydrogens (tertiary/aromatic N) is 1. The molecule has 0 radical (unpaired) electrons. The molecule has 0 aromatic heterocycles. The van der Waals surface area contributed by atoms with Crippen molar-refractivity contribution in [2.24, 2.45) is 11.8 Å². The van der Waals surface area contributed by atoms with Crippen LogP contribution in [0.4, 0.5) is 4.79 Å². The highest BCUT2D eigenvalue weighted by atomic mass is 16.6. The summed E-state index contributed by atoms with van der Waals surface area (Å²) in [6.07, 6.45) is 0.688. The second-order valence-electron chi connectivity index (χ2n) is 5.33. The molecule has 1 aliphatic rings. The summed E-state index contributed by atoms with van der Waals surface area (Å²) in [5.41, 5.74) is 0.986. The summed E-state index contributed by atoms with van der Waals surface area (Å²) in [4.78, 5) is 13.7. The van der Waals surface area contributed by atoms with E-state index in [1.807, 2.05) is 30.3 Å². The fraction of sp³-hybridized carbons (Fsp3) is 0.533. The number of piperidine rings is 1. The van der Waals surface area contributed by atoms with E-state index >= 15 is 0 Å². The van der Waals surface area contributed by atoms with Gasteiger partial charge in [-0.15, -0.1) is 0 Å². The lowest BCUT2D eigenvalue weighted by atomic mass is 9.91. The van der Waals surface area contributed by atoms with Crippen LogP contribution in [-0.4, -0.2) is 35.8 Å². The SMILES string of the molecule is C[C@@H]1C[C@@H](CO)CN(C(=O)OCc2ccccc2)C1. The van der Waals surface area contributed by atoms with Gasteiger partial charge in [0.05, 0.1) is 0 Å². The van der Waals surface area contributed by atoms with Gasteiger partial charge in [-0.25, -0.2) is 4.79 Å². The van der Waals surface area contributed by atoms with Gasteiger partial charge >= 0.3 is 6.09 Å². The lowest BCUT2D eigenvalue weighted by molar-refractivity contribution is 0.0544. The molecule has 104 valence electrons. The average Bonchev–Trinajstić information content (AvgIpc) is 2.45. The van der Waals surface area contributed by atoms with Gasteiger partial charge < -0.3 is 14.7 Å². The molecule has 1 saturated heterocycles. The van der Waals surface area contributed by atoms with Gasteiger partial charge in [0.1, 0.15) is 6.61 Å². The monoisotopic (exact) mass is 263 g/mol. The van der Waals surface area contributed by atoms with Gasteiger partial charge in [-0.05, 0) is 17.9 Å². The van der Waals surface area contributed by atoms with Crippen LogP contribution in [0, 0.1) is 11.8 Å². The number of hydrogen-bond donors (Lipinski definition) is 1. The number of ether oxygens (including phenoxy) is 1. The molecule has 2 rings (SSSR count). The Labute approximate surface area is 114 Å². The lowest BCUT2D eigenvalue weighted by Gasteiger charge is -2.34. The first-order valence-electron chi connectivity index (χ1n) is 6.75. The fourth-order valence-electron chi connectivity index (χ4n) is 2.57. The molecular weight excluding hydrogens is 242 g/mol. The van der Waals surface area contributed by atoms with Gasteiger partial charge in [0, 0.05) is 25.6 Å². The first-order chi connectivity index (χ1) is 9.19. The van der Waals surface area contributed by atoms with Crippen molar-refractivity contribution in [1.82, 2.24) is 4.90 Å². The van der Waals surface area contributed by atoms with Gasteiger partial charge in [0.15, 0.2) is 0 Å². The maximum absolute atomic E-state index is 12.0. The summed E-state index contributed by atoms with van der Waals surface area (Å²) in [7, 11) is 0. The van der Waals surface area contributed by atoms with Crippen LogP contribution in [0.2, 0.25) is 0 Å². The van der Waals surface area contributed by atoms with E-state index in [9.17, 15) is 9.90 Å². The molecule has 1 N–H and O–H groups in total. The first kappa shape index (κ1) is 13.9. The van der Waals surface area contributed by atoms with E-state index in [1.54, 1.807) is 4.90 Å². The number of aliphatic hydroxyl groups is 1. The Morgan fingerprint density at radius 3 is 2.79 bits per heavy atom. The summed E-state index contributed by atoms with van der Waals surface area (Å²) < 4.78 is 5.31. The molecule has 19 heavy (non-hydrogen) atoms. The maximum atomic E-state index is 12.0. The van der Waals surface area contributed by atoms with E-state index in [4.69, 9.17) is 4.74 Å². The van der Waals surface area contributed by atoms with Crippen molar-refractivity contribution in [2.75, 3.05) is 19.7 Å². The smallest absolute Gasteiger partial charge is 0.410 e. The van der Waals surface area contributed by atoms with E-state index in [0.717, 1.165) is 12.0 Å². The number of carbonyl (C=O) groups excluding carboxylic acids is 1. The highest BCUT2D eigenvalue weighted by Gasteiger charge is 2.28.